The zero-order valence-corrected chi connectivity index (χ0v) is 11.5. The Hall–Kier alpha value is -1.94. The first-order chi connectivity index (χ1) is 9.24. The van der Waals surface area contributed by atoms with Crippen LogP contribution >= 0.6 is 0 Å². The van der Waals surface area contributed by atoms with E-state index in [1.54, 1.807) is 0 Å². The molecule has 2 aromatic rings. The Labute approximate surface area is 114 Å². The summed E-state index contributed by atoms with van der Waals surface area (Å²) in [6.07, 6.45) is 3.69. The highest BCUT2D eigenvalue weighted by Gasteiger charge is 2.09. The Balaban J connectivity index is 2.21. The molecule has 1 heterocycles. The SMILES string of the molecule is CCN(Cc1ccccc1CN)c1ncc(C)cn1. The number of hydrogen-bond acceptors (Lipinski definition) is 4. The molecule has 19 heavy (non-hydrogen) atoms. The van der Waals surface area contributed by atoms with Crippen molar-refractivity contribution in [3.05, 3.63) is 53.3 Å². The van der Waals surface area contributed by atoms with E-state index >= 15 is 0 Å². The number of hydrogen-bond donors (Lipinski definition) is 1. The van der Waals surface area contributed by atoms with Gasteiger partial charge < -0.3 is 10.6 Å². The number of nitrogens with two attached hydrogens (primary N) is 1. The van der Waals surface area contributed by atoms with Gasteiger partial charge in [-0.15, -0.1) is 0 Å². The number of benzene rings is 1. The van der Waals surface area contributed by atoms with Crippen LogP contribution < -0.4 is 10.6 Å². The number of aryl methyl sites for hydroxylation is 1. The van der Waals surface area contributed by atoms with Gasteiger partial charge in [0.2, 0.25) is 5.95 Å². The molecular formula is C15H20N4. The topological polar surface area (TPSA) is 55.0 Å². The van der Waals surface area contributed by atoms with Gasteiger partial charge in [0.1, 0.15) is 0 Å². The molecule has 0 saturated heterocycles. The fourth-order valence-electron chi connectivity index (χ4n) is 1.99. The maximum Gasteiger partial charge on any atom is 0.225 e. The lowest BCUT2D eigenvalue weighted by Gasteiger charge is -2.22. The van der Waals surface area contributed by atoms with E-state index in [4.69, 9.17) is 5.73 Å². The Morgan fingerprint density at radius 3 is 2.32 bits per heavy atom. The minimum absolute atomic E-state index is 0.558. The molecule has 0 unspecified atom stereocenters. The van der Waals surface area contributed by atoms with E-state index in [2.05, 4.69) is 33.9 Å². The van der Waals surface area contributed by atoms with Gasteiger partial charge in [-0.3, -0.25) is 0 Å². The van der Waals surface area contributed by atoms with E-state index in [0.29, 0.717) is 6.54 Å². The van der Waals surface area contributed by atoms with Crippen molar-refractivity contribution in [2.24, 2.45) is 5.73 Å². The molecule has 0 aliphatic rings. The normalized spacial score (nSPS) is 10.5. The molecule has 4 nitrogen and oxygen atoms in total. The van der Waals surface area contributed by atoms with Crippen LogP contribution in [0.2, 0.25) is 0 Å². The third-order valence-electron chi connectivity index (χ3n) is 3.13. The Kier molecular flexibility index (Phi) is 4.47. The first kappa shape index (κ1) is 13.5. The molecule has 0 spiro atoms. The minimum atomic E-state index is 0.558. The van der Waals surface area contributed by atoms with E-state index in [0.717, 1.165) is 24.6 Å². The largest absolute Gasteiger partial charge is 0.337 e. The van der Waals surface area contributed by atoms with Crippen LogP contribution in [-0.4, -0.2) is 16.5 Å². The average Bonchev–Trinajstić information content (AvgIpc) is 2.46. The Morgan fingerprint density at radius 1 is 1.11 bits per heavy atom. The summed E-state index contributed by atoms with van der Waals surface area (Å²) in [5, 5.41) is 0. The van der Waals surface area contributed by atoms with Crippen LogP contribution in [0, 0.1) is 6.92 Å². The zero-order valence-electron chi connectivity index (χ0n) is 11.5. The molecule has 100 valence electrons. The molecule has 2 N–H and O–H groups in total. The van der Waals surface area contributed by atoms with Crippen molar-refractivity contribution in [1.29, 1.82) is 0 Å². The molecular weight excluding hydrogens is 236 g/mol. The number of aromatic nitrogens is 2. The summed E-state index contributed by atoms with van der Waals surface area (Å²) in [6.45, 7) is 6.30. The quantitative estimate of drug-likeness (QED) is 0.891. The second-order valence-corrected chi connectivity index (χ2v) is 4.55. The van der Waals surface area contributed by atoms with E-state index in [1.165, 1.54) is 11.1 Å². The van der Waals surface area contributed by atoms with Crippen molar-refractivity contribution in [2.75, 3.05) is 11.4 Å². The van der Waals surface area contributed by atoms with E-state index in [9.17, 15) is 0 Å². The fourth-order valence-corrected chi connectivity index (χ4v) is 1.99. The molecule has 0 aliphatic carbocycles. The Morgan fingerprint density at radius 2 is 1.74 bits per heavy atom. The summed E-state index contributed by atoms with van der Waals surface area (Å²) in [5.74, 6) is 0.764. The molecule has 0 aliphatic heterocycles. The number of rotatable bonds is 5. The molecule has 0 bridgehead atoms. The lowest BCUT2D eigenvalue weighted by Crippen LogP contribution is -2.25. The van der Waals surface area contributed by atoms with Crippen molar-refractivity contribution in [3.63, 3.8) is 0 Å². The van der Waals surface area contributed by atoms with Crippen LogP contribution in [0.3, 0.4) is 0 Å². The van der Waals surface area contributed by atoms with Crippen LogP contribution in [0.4, 0.5) is 5.95 Å². The minimum Gasteiger partial charge on any atom is -0.337 e. The molecule has 1 aromatic carbocycles. The molecule has 2 rings (SSSR count). The van der Waals surface area contributed by atoms with Crippen LogP contribution in [0.15, 0.2) is 36.7 Å². The van der Waals surface area contributed by atoms with Crippen LogP contribution in [-0.2, 0) is 13.1 Å². The first-order valence-electron chi connectivity index (χ1n) is 6.55. The maximum absolute atomic E-state index is 5.78. The predicted octanol–water partition coefficient (Wildman–Crippen LogP) is 2.27. The van der Waals surface area contributed by atoms with E-state index in [1.807, 2.05) is 31.5 Å². The summed E-state index contributed by atoms with van der Waals surface area (Å²) in [7, 11) is 0. The van der Waals surface area contributed by atoms with Crippen LogP contribution in [0.5, 0.6) is 0 Å². The lowest BCUT2D eigenvalue weighted by molar-refractivity contribution is 0.781. The van der Waals surface area contributed by atoms with Gasteiger partial charge >= 0.3 is 0 Å². The van der Waals surface area contributed by atoms with E-state index < -0.39 is 0 Å². The van der Waals surface area contributed by atoms with Crippen molar-refractivity contribution in [2.45, 2.75) is 26.9 Å². The van der Waals surface area contributed by atoms with Crippen molar-refractivity contribution in [3.8, 4) is 0 Å². The summed E-state index contributed by atoms with van der Waals surface area (Å²) in [4.78, 5) is 10.9. The molecule has 0 saturated carbocycles. The monoisotopic (exact) mass is 256 g/mol. The highest BCUT2D eigenvalue weighted by molar-refractivity contribution is 5.35. The summed E-state index contributed by atoms with van der Waals surface area (Å²) < 4.78 is 0. The summed E-state index contributed by atoms with van der Waals surface area (Å²) >= 11 is 0. The van der Waals surface area contributed by atoms with Gasteiger partial charge in [-0.2, -0.15) is 0 Å². The summed E-state index contributed by atoms with van der Waals surface area (Å²) in [6, 6.07) is 8.24. The highest BCUT2D eigenvalue weighted by atomic mass is 15.2. The second kappa shape index (κ2) is 6.29. The number of nitrogens with zero attached hydrogens (tertiary/aromatic N) is 3. The maximum atomic E-state index is 5.78. The predicted molar refractivity (Wildman–Crippen MR) is 77.8 cm³/mol. The van der Waals surface area contributed by atoms with Gasteiger partial charge in [0.05, 0.1) is 0 Å². The molecule has 0 amide bonds. The third-order valence-corrected chi connectivity index (χ3v) is 3.13. The summed E-state index contributed by atoms with van der Waals surface area (Å²) in [5.41, 5.74) is 9.25. The molecule has 1 aromatic heterocycles. The van der Waals surface area contributed by atoms with Gasteiger partial charge in [-0.05, 0) is 30.5 Å². The van der Waals surface area contributed by atoms with Gasteiger partial charge in [0.15, 0.2) is 0 Å². The molecule has 0 fully saturated rings. The highest BCUT2D eigenvalue weighted by Crippen LogP contribution is 2.15. The van der Waals surface area contributed by atoms with Crippen molar-refractivity contribution in [1.82, 2.24) is 9.97 Å². The van der Waals surface area contributed by atoms with Crippen LogP contribution in [0.1, 0.15) is 23.6 Å². The third kappa shape index (κ3) is 3.29. The van der Waals surface area contributed by atoms with Crippen molar-refractivity contribution < 1.29 is 0 Å². The fraction of sp³-hybridized carbons (Fsp3) is 0.333. The van der Waals surface area contributed by atoms with Crippen LogP contribution in [0.25, 0.3) is 0 Å². The van der Waals surface area contributed by atoms with Gasteiger partial charge in [0, 0.05) is 32.0 Å². The standard InChI is InChI=1S/C15H20N4/c1-3-19(15-17-9-12(2)10-18-15)11-14-7-5-4-6-13(14)8-16/h4-7,9-10H,3,8,11,16H2,1-2H3. The zero-order chi connectivity index (χ0) is 13.7. The average molecular weight is 256 g/mol. The Bertz CT molecular complexity index is 522. The number of anilines is 1. The second-order valence-electron chi connectivity index (χ2n) is 4.55. The van der Waals surface area contributed by atoms with Gasteiger partial charge in [0.25, 0.3) is 0 Å². The molecule has 0 radical (unpaired) electrons. The van der Waals surface area contributed by atoms with Gasteiger partial charge in [-0.1, -0.05) is 24.3 Å². The first-order valence-corrected chi connectivity index (χ1v) is 6.55. The lowest BCUT2D eigenvalue weighted by atomic mass is 10.1. The smallest absolute Gasteiger partial charge is 0.225 e. The van der Waals surface area contributed by atoms with Gasteiger partial charge in [-0.25, -0.2) is 9.97 Å². The molecule has 0 atom stereocenters. The van der Waals surface area contributed by atoms with E-state index in [-0.39, 0.29) is 0 Å². The molecule has 4 heteroatoms. The van der Waals surface area contributed by atoms with Crippen molar-refractivity contribution >= 4 is 5.95 Å².